The fourth-order valence-electron chi connectivity index (χ4n) is 3.68. The fraction of sp³-hybridized carbons (Fsp3) is 0.250. The van der Waals surface area contributed by atoms with Crippen molar-refractivity contribution in [1.29, 1.82) is 0 Å². The van der Waals surface area contributed by atoms with Crippen LogP contribution in [0.15, 0.2) is 60.6 Å². The number of nitrogens with one attached hydrogen (secondary N) is 2. The molecule has 4 N–H and O–H groups in total. The summed E-state index contributed by atoms with van der Waals surface area (Å²) < 4.78 is 0. The molecule has 0 saturated carbocycles. The highest BCUT2D eigenvalue weighted by molar-refractivity contribution is 7.13. The monoisotopic (exact) mass is 478 g/mol. The Labute approximate surface area is 201 Å². The molecule has 0 atom stereocenters. The molecule has 10 heteroatoms. The molecule has 0 bridgehead atoms. The maximum absolute atomic E-state index is 12.9. The van der Waals surface area contributed by atoms with Crippen molar-refractivity contribution >= 4 is 34.3 Å². The number of aromatic nitrogens is 1. The van der Waals surface area contributed by atoms with Gasteiger partial charge in [0.15, 0.2) is 10.8 Å². The Morgan fingerprint density at radius 2 is 2.00 bits per heavy atom. The summed E-state index contributed by atoms with van der Waals surface area (Å²) in [5.41, 5.74) is 9.80. The van der Waals surface area contributed by atoms with Crippen LogP contribution in [0.2, 0.25) is 0 Å². The number of carbonyl (C=O) groups is 1. The minimum Gasteiger partial charge on any atom is -0.397 e. The predicted octanol–water partition coefficient (Wildman–Crippen LogP) is 4.65. The second-order valence-corrected chi connectivity index (χ2v) is 9.39. The number of hydrogen-bond donors (Lipinski definition) is 3. The number of amides is 1. The van der Waals surface area contributed by atoms with Gasteiger partial charge in [-0.2, -0.15) is 0 Å². The molecule has 34 heavy (non-hydrogen) atoms. The van der Waals surface area contributed by atoms with Crippen LogP contribution >= 0.6 is 11.3 Å². The molecule has 176 valence electrons. The van der Waals surface area contributed by atoms with Crippen molar-refractivity contribution in [3.05, 3.63) is 91.8 Å². The van der Waals surface area contributed by atoms with Crippen LogP contribution < -0.4 is 16.4 Å². The summed E-state index contributed by atoms with van der Waals surface area (Å²) in [7, 11) is 0. The summed E-state index contributed by atoms with van der Waals surface area (Å²) in [4.78, 5) is 31.0. The van der Waals surface area contributed by atoms with Crippen LogP contribution in [0.25, 0.3) is 0 Å². The van der Waals surface area contributed by atoms with Gasteiger partial charge in [-0.15, -0.1) is 11.3 Å². The molecule has 3 aromatic rings. The van der Waals surface area contributed by atoms with Gasteiger partial charge in [0, 0.05) is 23.5 Å². The normalized spacial score (nSPS) is 13.5. The molecule has 0 unspecified atom stereocenters. The summed E-state index contributed by atoms with van der Waals surface area (Å²) in [6, 6.07) is 14.9. The first-order valence-electron chi connectivity index (χ1n) is 10.9. The molecule has 0 fully saturated rings. The molecule has 0 aliphatic carbocycles. The maximum atomic E-state index is 12.9. The fourth-order valence-corrected chi connectivity index (χ4v) is 4.70. The van der Waals surface area contributed by atoms with E-state index in [1.54, 1.807) is 6.07 Å². The largest absolute Gasteiger partial charge is 0.397 e. The number of benzene rings is 2. The summed E-state index contributed by atoms with van der Waals surface area (Å²) in [6.45, 7) is 5.11. The maximum Gasteiger partial charge on any atom is 0.284 e. The zero-order valence-corrected chi connectivity index (χ0v) is 19.8. The Kier molecular flexibility index (Phi) is 6.78. The van der Waals surface area contributed by atoms with Gasteiger partial charge in [0.25, 0.3) is 12.1 Å². The Morgan fingerprint density at radius 1 is 1.24 bits per heavy atom. The van der Waals surface area contributed by atoms with Gasteiger partial charge < -0.3 is 21.3 Å². The first-order valence-corrected chi connectivity index (χ1v) is 11.7. The number of fused-ring (bicyclic) bond motifs is 1. The SMILES string of the molecule is CC(C)c1ccc(N)c(NC(=O)c2nc3c(s2)CN(C(=C[N+](=O)[O-])Nc2ccccc2)CC3)c1. The van der Waals surface area contributed by atoms with E-state index in [9.17, 15) is 14.9 Å². The average molecular weight is 479 g/mol. The Morgan fingerprint density at radius 3 is 2.71 bits per heavy atom. The van der Waals surface area contributed by atoms with Crippen molar-refractivity contribution in [3.63, 3.8) is 0 Å². The third-order valence-electron chi connectivity index (χ3n) is 5.53. The van der Waals surface area contributed by atoms with Crippen molar-refractivity contribution < 1.29 is 9.72 Å². The molecule has 0 spiro atoms. The van der Waals surface area contributed by atoms with Gasteiger partial charge in [0.1, 0.15) is 0 Å². The van der Waals surface area contributed by atoms with Gasteiger partial charge in [-0.05, 0) is 35.7 Å². The lowest BCUT2D eigenvalue weighted by Gasteiger charge is -2.29. The Balaban J connectivity index is 1.51. The van der Waals surface area contributed by atoms with E-state index in [-0.39, 0.29) is 5.91 Å². The van der Waals surface area contributed by atoms with Gasteiger partial charge >= 0.3 is 0 Å². The highest BCUT2D eigenvalue weighted by Crippen LogP contribution is 2.30. The third-order valence-corrected chi connectivity index (χ3v) is 6.61. The van der Waals surface area contributed by atoms with Crippen LogP contribution in [0.4, 0.5) is 17.1 Å². The molecule has 2 heterocycles. The van der Waals surface area contributed by atoms with Crippen LogP contribution in [-0.2, 0) is 13.0 Å². The number of nitro groups is 1. The molecular weight excluding hydrogens is 452 g/mol. The smallest absolute Gasteiger partial charge is 0.284 e. The van der Waals surface area contributed by atoms with Crippen LogP contribution in [0.5, 0.6) is 0 Å². The molecular formula is C24H26N6O3S. The van der Waals surface area contributed by atoms with E-state index >= 15 is 0 Å². The van der Waals surface area contributed by atoms with Gasteiger partial charge in [0.05, 0.1) is 28.5 Å². The van der Waals surface area contributed by atoms with E-state index in [1.807, 2.05) is 47.4 Å². The van der Waals surface area contributed by atoms with Crippen molar-refractivity contribution in [1.82, 2.24) is 9.88 Å². The topological polar surface area (TPSA) is 126 Å². The van der Waals surface area contributed by atoms with Gasteiger partial charge in [0.2, 0.25) is 0 Å². The van der Waals surface area contributed by atoms with E-state index in [0.29, 0.717) is 47.6 Å². The number of nitrogens with two attached hydrogens (primary N) is 1. The van der Waals surface area contributed by atoms with Crippen molar-refractivity contribution in [2.24, 2.45) is 0 Å². The predicted molar refractivity (Wildman–Crippen MR) is 134 cm³/mol. The lowest BCUT2D eigenvalue weighted by molar-refractivity contribution is -0.404. The molecule has 9 nitrogen and oxygen atoms in total. The third kappa shape index (κ3) is 5.34. The quantitative estimate of drug-likeness (QED) is 0.256. The summed E-state index contributed by atoms with van der Waals surface area (Å²) >= 11 is 1.29. The van der Waals surface area contributed by atoms with Crippen molar-refractivity contribution in [3.8, 4) is 0 Å². The molecule has 1 aliphatic heterocycles. The van der Waals surface area contributed by atoms with E-state index in [1.165, 1.54) is 11.3 Å². The number of nitrogen functional groups attached to an aromatic ring is 1. The van der Waals surface area contributed by atoms with E-state index in [4.69, 9.17) is 5.73 Å². The molecule has 4 rings (SSSR count). The number of carbonyl (C=O) groups excluding carboxylic acids is 1. The molecule has 0 radical (unpaired) electrons. The molecule has 1 aliphatic rings. The van der Waals surface area contributed by atoms with Crippen molar-refractivity contribution in [2.75, 3.05) is 22.9 Å². The molecule has 1 aromatic heterocycles. The summed E-state index contributed by atoms with van der Waals surface area (Å²) in [5, 5.41) is 17.6. The van der Waals surface area contributed by atoms with Crippen LogP contribution in [-0.4, -0.2) is 27.3 Å². The Hall–Kier alpha value is -3.92. The van der Waals surface area contributed by atoms with E-state index in [2.05, 4.69) is 29.5 Å². The first-order chi connectivity index (χ1) is 16.3. The summed E-state index contributed by atoms with van der Waals surface area (Å²) in [6.07, 6.45) is 1.55. The van der Waals surface area contributed by atoms with Crippen molar-refractivity contribution in [2.45, 2.75) is 32.7 Å². The van der Waals surface area contributed by atoms with Gasteiger partial charge in [-0.25, -0.2) is 4.98 Å². The number of anilines is 3. The number of nitrogens with zero attached hydrogens (tertiary/aromatic N) is 3. The summed E-state index contributed by atoms with van der Waals surface area (Å²) in [5.74, 6) is 0.377. The Bertz CT molecular complexity index is 1240. The van der Waals surface area contributed by atoms with Crippen LogP contribution in [0.3, 0.4) is 0 Å². The number of thiazole rings is 1. The lowest BCUT2D eigenvalue weighted by Crippen LogP contribution is -2.33. The second-order valence-electron chi connectivity index (χ2n) is 8.31. The number of rotatable bonds is 7. The zero-order chi connectivity index (χ0) is 24.2. The average Bonchev–Trinajstić information content (AvgIpc) is 3.24. The number of hydrogen-bond acceptors (Lipinski definition) is 8. The minimum atomic E-state index is -0.470. The minimum absolute atomic E-state index is 0.306. The molecule has 2 aromatic carbocycles. The van der Waals surface area contributed by atoms with Gasteiger partial charge in [-0.3, -0.25) is 14.9 Å². The highest BCUT2D eigenvalue weighted by atomic mass is 32.1. The lowest BCUT2D eigenvalue weighted by atomic mass is 10.0. The zero-order valence-electron chi connectivity index (χ0n) is 18.9. The molecule has 0 saturated heterocycles. The second kappa shape index (κ2) is 9.92. The van der Waals surface area contributed by atoms with E-state index < -0.39 is 4.92 Å². The molecule has 1 amide bonds. The first kappa shape index (κ1) is 23.2. The highest BCUT2D eigenvalue weighted by Gasteiger charge is 2.26. The number of para-hydroxylation sites is 1. The van der Waals surface area contributed by atoms with Crippen LogP contribution in [0, 0.1) is 10.1 Å². The standard InChI is InChI=1S/C24H26N6O3S/c1-15(2)16-8-9-18(25)20(12-16)27-23(31)24-28-19-10-11-29(13-21(19)34-24)22(14-30(32)33)26-17-6-4-3-5-7-17/h3-9,12,14-15,26H,10-11,13,25H2,1-2H3,(H,27,31). The van der Waals surface area contributed by atoms with Crippen LogP contribution in [0.1, 0.15) is 45.7 Å². The van der Waals surface area contributed by atoms with Gasteiger partial charge in [-0.1, -0.05) is 38.1 Å². The van der Waals surface area contributed by atoms with E-state index in [0.717, 1.165) is 28.0 Å².